The fraction of sp³-hybridized carbons (Fsp3) is 0.719. The molecule has 0 aromatic heterocycles. The molecule has 0 aromatic rings. The molecule has 0 unspecified atom stereocenters. The number of nitrogens with zero attached hydrogens (tertiary/aromatic N) is 1. The summed E-state index contributed by atoms with van der Waals surface area (Å²) in [6.07, 6.45) is 0.0873. The highest BCUT2D eigenvalue weighted by molar-refractivity contribution is 5.97. The van der Waals surface area contributed by atoms with Crippen molar-refractivity contribution in [2.75, 3.05) is 26.2 Å². The van der Waals surface area contributed by atoms with Gasteiger partial charge in [-0.1, -0.05) is 13.8 Å². The van der Waals surface area contributed by atoms with Crippen molar-refractivity contribution in [3.8, 4) is 0 Å². The molecular formula is C32H54N8O13. The highest BCUT2D eigenvalue weighted by Gasteiger charge is 2.39. The van der Waals surface area contributed by atoms with Crippen LogP contribution >= 0.6 is 0 Å². The van der Waals surface area contributed by atoms with Gasteiger partial charge in [-0.2, -0.15) is 0 Å². The molecule has 21 heteroatoms. The monoisotopic (exact) mass is 758 g/mol. The number of amides is 6. The zero-order chi connectivity index (χ0) is 40.2. The van der Waals surface area contributed by atoms with Gasteiger partial charge in [0.15, 0.2) is 0 Å². The summed E-state index contributed by atoms with van der Waals surface area (Å²) in [5, 5.41) is 49.3. The predicted molar refractivity (Wildman–Crippen MR) is 184 cm³/mol. The Morgan fingerprint density at radius 2 is 1.36 bits per heavy atom. The number of carboxylic acids is 3. The van der Waals surface area contributed by atoms with Gasteiger partial charge in [-0.05, 0) is 63.8 Å². The van der Waals surface area contributed by atoms with Crippen molar-refractivity contribution < 1.29 is 63.6 Å². The van der Waals surface area contributed by atoms with E-state index >= 15 is 0 Å². The first-order valence-electron chi connectivity index (χ1n) is 17.4. The Labute approximate surface area is 306 Å². The number of aliphatic hydroxyl groups excluding tert-OH is 1. The van der Waals surface area contributed by atoms with E-state index in [1.54, 1.807) is 13.8 Å². The van der Waals surface area contributed by atoms with Crippen molar-refractivity contribution in [1.29, 1.82) is 0 Å². The molecule has 1 aliphatic heterocycles. The lowest BCUT2D eigenvalue weighted by atomic mass is 10.0. The summed E-state index contributed by atoms with van der Waals surface area (Å²) >= 11 is 0. The van der Waals surface area contributed by atoms with E-state index in [1.165, 1.54) is 0 Å². The van der Waals surface area contributed by atoms with E-state index in [0.29, 0.717) is 25.8 Å². The van der Waals surface area contributed by atoms with Crippen LogP contribution in [0.1, 0.15) is 78.1 Å². The highest BCUT2D eigenvalue weighted by atomic mass is 16.4. The fourth-order valence-corrected chi connectivity index (χ4v) is 5.44. The topological polar surface area (TPSA) is 350 Å². The molecule has 1 saturated heterocycles. The molecule has 0 radical (unpaired) electrons. The third kappa shape index (κ3) is 17.0. The van der Waals surface area contributed by atoms with Crippen LogP contribution in [-0.4, -0.2) is 141 Å². The number of hydrogen-bond donors (Lipinski definition) is 11. The molecule has 0 aliphatic carbocycles. The molecule has 300 valence electrons. The van der Waals surface area contributed by atoms with Crippen molar-refractivity contribution in [1.82, 2.24) is 31.5 Å². The Morgan fingerprint density at radius 1 is 0.755 bits per heavy atom. The number of carbonyl (C=O) groups is 9. The minimum atomic E-state index is -1.59. The fourth-order valence-electron chi connectivity index (χ4n) is 5.44. The minimum absolute atomic E-state index is 0.0220. The third-order valence-corrected chi connectivity index (χ3v) is 8.27. The summed E-state index contributed by atoms with van der Waals surface area (Å²) < 4.78 is 0. The van der Waals surface area contributed by atoms with Crippen molar-refractivity contribution in [3.63, 3.8) is 0 Å². The molecule has 0 saturated carbocycles. The number of nitrogens with one attached hydrogen (secondary N) is 5. The standard InChI is InChI=1S/C32H54N8O13/c1-17(2)14-21(28(48)37-20(32(52)53)6-3-4-12-33)38-29(49)22(16-41)39-30(50)23-7-5-13-40(23)31(51)19(9-11-26(45)46)36-24(42)15-35-27(47)18(34)8-10-25(43)44/h17-23,41H,3-16,33-34H2,1-2H3,(H,35,47)(H,36,42)(H,37,48)(H,38,49)(H,39,50)(H,43,44)(H,45,46)(H,52,53)/t18-,19-,20-,21-,22-,23-/m0/s1. The van der Waals surface area contributed by atoms with Crippen LogP contribution in [0, 0.1) is 5.92 Å². The third-order valence-electron chi connectivity index (χ3n) is 8.27. The molecule has 1 aliphatic rings. The molecule has 1 heterocycles. The Balaban J connectivity index is 3.02. The summed E-state index contributed by atoms with van der Waals surface area (Å²) in [6.45, 7) is 2.31. The smallest absolute Gasteiger partial charge is 0.326 e. The second-order valence-corrected chi connectivity index (χ2v) is 13.1. The van der Waals surface area contributed by atoms with Crippen molar-refractivity contribution in [2.45, 2.75) is 114 Å². The number of unbranched alkanes of at least 4 members (excludes halogenated alkanes) is 1. The van der Waals surface area contributed by atoms with Crippen LogP contribution in [0.25, 0.3) is 0 Å². The quantitative estimate of drug-likeness (QED) is 0.0400. The van der Waals surface area contributed by atoms with Gasteiger partial charge in [-0.3, -0.25) is 38.4 Å². The van der Waals surface area contributed by atoms with E-state index in [1.807, 2.05) is 0 Å². The number of likely N-dealkylation sites (tertiary alicyclic amines) is 1. The van der Waals surface area contributed by atoms with E-state index in [9.17, 15) is 58.5 Å². The zero-order valence-electron chi connectivity index (χ0n) is 30.0. The van der Waals surface area contributed by atoms with E-state index in [4.69, 9.17) is 16.6 Å². The van der Waals surface area contributed by atoms with Gasteiger partial charge in [0.05, 0.1) is 19.2 Å². The number of carbonyl (C=O) groups excluding carboxylic acids is 6. The van der Waals surface area contributed by atoms with Crippen LogP contribution in [-0.2, 0) is 43.2 Å². The molecule has 1 fully saturated rings. The Hall–Kier alpha value is -4.89. The Kier molecular flexibility index (Phi) is 20.6. The van der Waals surface area contributed by atoms with Gasteiger partial charge in [-0.15, -0.1) is 0 Å². The van der Waals surface area contributed by atoms with Crippen LogP contribution in [0.4, 0.5) is 0 Å². The normalized spacial score (nSPS) is 16.7. The Morgan fingerprint density at radius 3 is 1.92 bits per heavy atom. The van der Waals surface area contributed by atoms with Crippen LogP contribution in [0.3, 0.4) is 0 Å². The first kappa shape index (κ1) is 46.1. The van der Waals surface area contributed by atoms with E-state index in [2.05, 4.69) is 26.6 Å². The van der Waals surface area contributed by atoms with Crippen molar-refractivity contribution in [3.05, 3.63) is 0 Å². The number of carboxylic acid groups (broad SMARTS) is 3. The van der Waals surface area contributed by atoms with Gasteiger partial charge in [0.25, 0.3) is 0 Å². The van der Waals surface area contributed by atoms with Gasteiger partial charge in [0.2, 0.25) is 35.4 Å². The largest absolute Gasteiger partial charge is 0.481 e. The molecule has 0 aromatic carbocycles. The molecule has 53 heavy (non-hydrogen) atoms. The molecule has 13 N–H and O–H groups in total. The number of aliphatic carboxylic acids is 3. The number of rotatable bonds is 25. The van der Waals surface area contributed by atoms with Gasteiger partial charge in [-0.25, -0.2) is 4.79 Å². The molecule has 0 spiro atoms. The predicted octanol–water partition coefficient (Wildman–Crippen LogP) is -3.66. The lowest BCUT2D eigenvalue weighted by molar-refractivity contribution is -0.143. The summed E-state index contributed by atoms with van der Waals surface area (Å²) in [4.78, 5) is 113. The first-order valence-corrected chi connectivity index (χ1v) is 17.4. The van der Waals surface area contributed by atoms with Crippen LogP contribution in [0.15, 0.2) is 0 Å². The second kappa shape index (κ2) is 23.6. The second-order valence-electron chi connectivity index (χ2n) is 13.1. The maximum Gasteiger partial charge on any atom is 0.326 e. The van der Waals surface area contributed by atoms with Crippen LogP contribution in [0.2, 0.25) is 0 Å². The lowest BCUT2D eigenvalue weighted by Crippen LogP contribution is -2.59. The average Bonchev–Trinajstić information content (AvgIpc) is 3.59. The number of aliphatic hydroxyl groups is 1. The molecule has 1 rings (SSSR count). The first-order chi connectivity index (χ1) is 24.9. The molecule has 6 amide bonds. The highest BCUT2D eigenvalue weighted by Crippen LogP contribution is 2.20. The number of nitrogens with two attached hydrogens (primary N) is 2. The van der Waals surface area contributed by atoms with Gasteiger partial charge < -0.3 is 63.4 Å². The number of hydrogen-bond acceptors (Lipinski definition) is 12. The summed E-state index contributed by atoms with van der Waals surface area (Å²) in [5.41, 5.74) is 11.1. The molecular weight excluding hydrogens is 704 g/mol. The Bertz CT molecular complexity index is 1310. The van der Waals surface area contributed by atoms with E-state index in [0.717, 1.165) is 4.90 Å². The van der Waals surface area contributed by atoms with E-state index < -0.39 is 109 Å². The SMILES string of the molecule is CC(C)C[C@H](NC(=O)[C@H](CO)NC(=O)[C@@H]1CCCN1C(=O)[C@H](CCC(=O)O)NC(=O)CNC(=O)[C@@H](N)CCC(=O)O)C(=O)N[C@@H](CCCCN)C(=O)O. The zero-order valence-corrected chi connectivity index (χ0v) is 30.0. The lowest BCUT2D eigenvalue weighted by Gasteiger charge is -2.30. The van der Waals surface area contributed by atoms with E-state index in [-0.39, 0.29) is 51.0 Å². The minimum Gasteiger partial charge on any atom is -0.481 e. The molecule has 6 atom stereocenters. The maximum absolute atomic E-state index is 13.6. The van der Waals surface area contributed by atoms with Gasteiger partial charge in [0, 0.05) is 19.4 Å². The van der Waals surface area contributed by atoms with Gasteiger partial charge >= 0.3 is 17.9 Å². The summed E-state index contributed by atoms with van der Waals surface area (Å²) in [7, 11) is 0. The summed E-state index contributed by atoms with van der Waals surface area (Å²) in [5.74, 6) is -8.99. The van der Waals surface area contributed by atoms with Gasteiger partial charge in [0.1, 0.15) is 30.2 Å². The maximum atomic E-state index is 13.6. The van der Waals surface area contributed by atoms with Crippen molar-refractivity contribution in [2.24, 2.45) is 17.4 Å². The summed E-state index contributed by atoms with van der Waals surface area (Å²) in [6, 6.07) is -7.91. The van der Waals surface area contributed by atoms with Crippen molar-refractivity contribution >= 4 is 53.4 Å². The molecule has 21 nitrogen and oxygen atoms in total. The van der Waals surface area contributed by atoms with Crippen LogP contribution < -0.4 is 38.1 Å². The average molecular weight is 759 g/mol. The molecule has 0 bridgehead atoms. The van der Waals surface area contributed by atoms with Crippen LogP contribution in [0.5, 0.6) is 0 Å².